The van der Waals surface area contributed by atoms with Crippen LogP contribution in [0.5, 0.6) is 0 Å². The Labute approximate surface area is 159 Å². The van der Waals surface area contributed by atoms with Gasteiger partial charge in [-0.1, -0.05) is 12.1 Å². The molecule has 2 aliphatic heterocycles. The second-order valence-electron chi connectivity index (χ2n) is 7.24. The molecule has 0 radical (unpaired) electrons. The first-order valence-corrected chi connectivity index (χ1v) is 8.95. The number of amides is 1. The lowest BCUT2D eigenvalue weighted by Crippen LogP contribution is -2.58. The number of aliphatic hydroxyl groups excluding tert-OH is 1. The average Bonchev–Trinajstić information content (AvgIpc) is 3.19. The van der Waals surface area contributed by atoms with Gasteiger partial charge in [-0.15, -0.1) is 12.4 Å². The highest BCUT2D eigenvalue weighted by molar-refractivity contribution is 5.95. The van der Waals surface area contributed by atoms with E-state index in [0.29, 0.717) is 12.1 Å². The minimum Gasteiger partial charge on any atom is -0.392 e. The van der Waals surface area contributed by atoms with Crippen molar-refractivity contribution in [1.29, 1.82) is 0 Å². The molecule has 0 bridgehead atoms. The molecule has 4 rings (SSSR count). The minimum atomic E-state index is -0.332. The number of aromatic nitrogens is 2. The Morgan fingerprint density at radius 3 is 3.00 bits per heavy atom. The number of piperidine rings is 2. The summed E-state index contributed by atoms with van der Waals surface area (Å²) in [7, 11) is 0. The average molecular weight is 377 g/mol. The van der Waals surface area contributed by atoms with E-state index < -0.39 is 0 Å². The number of nitrogens with one attached hydrogen (secondary N) is 2. The molecule has 6 nitrogen and oxygen atoms in total. The zero-order chi connectivity index (χ0) is 17.3. The molecule has 7 heteroatoms. The SMILES string of the molecule is Cl.O=C(c1cccc(-c2cn[nH]c2)c1)N1CCC[C@]2(CNCC[C@@H]2O)C1. The standard InChI is InChI=1S/C19H24N4O2.ClH/c24-17-5-7-20-12-19(17)6-2-8-23(13-19)18(25)15-4-1-3-14(9-15)16-10-21-22-11-16;/h1,3-4,9-11,17,20,24H,2,5-8,12-13H2,(H,21,22);1H/t17-,19-;/m0./s1. The molecule has 1 amide bonds. The second-order valence-corrected chi connectivity index (χ2v) is 7.24. The van der Waals surface area contributed by atoms with Gasteiger partial charge in [0.05, 0.1) is 12.3 Å². The molecule has 0 saturated carbocycles. The molecule has 140 valence electrons. The summed E-state index contributed by atoms with van der Waals surface area (Å²) in [6.07, 6.45) is 5.92. The molecular weight excluding hydrogens is 352 g/mol. The molecule has 0 aliphatic carbocycles. The number of hydrogen-bond donors (Lipinski definition) is 3. The van der Waals surface area contributed by atoms with E-state index in [4.69, 9.17) is 0 Å². The quantitative estimate of drug-likeness (QED) is 0.749. The monoisotopic (exact) mass is 376 g/mol. The summed E-state index contributed by atoms with van der Waals surface area (Å²) in [5.74, 6) is 0.0437. The zero-order valence-corrected chi connectivity index (χ0v) is 15.5. The zero-order valence-electron chi connectivity index (χ0n) is 14.6. The van der Waals surface area contributed by atoms with Crippen molar-refractivity contribution in [2.75, 3.05) is 26.2 Å². The first-order valence-electron chi connectivity index (χ1n) is 8.95. The van der Waals surface area contributed by atoms with Crippen molar-refractivity contribution in [2.45, 2.75) is 25.4 Å². The van der Waals surface area contributed by atoms with Crippen LogP contribution in [-0.2, 0) is 0 Å². The van der Waals surface area contributed by atoms with Crippen molar-refractivity contribution in [3.05, 3.63) is 42.2 Å². The van der Waals surface area contributed by atoms with E-state index in [-0.39, 0.29) is 29.8 Å². The van der Waals surface area contributed by atoms with Gasteiger partial charge in [0, 0.05) is 42.4 Å². The molecule has 0 unspecified atom stereocenters. The maximum Gasteiger partial charge on any atom is 0.253 e. The summed E-state index contributed by atoms with van der Waals surface area (Å²) >= 11 is 0. The van der Waals surface area contributed by atoms with Gasteiger partial charge in [0.25, 0.3) is 5.91 Å². The predicted molar refractivity (Wildman–Crippen MR) is 102 cm³/mol. The van der Waals surface area contributed by atoms with Gasteiger partial charge in [0.1, 0.15) is 0 Å². The summed E-state index contributed by atoms with van der Waals surface area (Å²) in [4.78, 5) is 15.0. The van der Waals surface area contributed by atoms with Crippen LogP contribution in [-0.4, -0.2) is 58.4 Å². The maximum absolute atomic E-state index is 13.1. The highest BCUT2D eigenvalue weighted by Crippen LogP contribution is 2.36. The summed E-state index contributed by atoms with van der Waals surface area (Å²) in [6, 6.07) is 7.67. The summed E-state index contributed by atoms with van der Waals surface area (Å²) in [5.41, 5.74) is 2.44. The normalized spacial score (nSPS) is 25.7. The Bertz CT molecular complexity index is 748. The second kappa shape index (κ2) is 7.78. The first kappa shape index (κ1) is 18.9. The van der Waals surface area contributed by atoms with Gasteiger partial charge in [0.15, 0.2) is 0 Å². The van der Waals surface area contributed by atoms with Crippen molar-refractivity contribution in [3.63, 3.8) is 0 Å². The number of benzene rings is 1. The number of aromatic amines is 1. The maximum atomic E-state index is 13.1. The number of halogens is 1. The van der Waals surface area contributed by atoms with Crippen LogP contribution in [0.1, 0.15) is 29.6 Å². The largest absolute Gasteiger partial charge is 0.392 e. The number of carbonyl (C=O) groups excluding carboxylic acids is 1. The fourth-order valence-corrected chi connectivity index (χ4v) is 4.17. The number of carbonyl (C=O) groups is 1. The molecule has 2 saturated heterocycles. The van der Waals surface area contributed by atoms with Crippen LogP contribution in [0, 0.1) is 5.41 Å². The van der Waals surface area contributed by atoms with Crippen LogP contribution in [0.25, 0.3) is 11.1 Å². The Morgan fingerprint density at radius 2 is 2.23 bits per heavy atom. The van der Waals surface area contributed by atoms with Gasteiger partial charge in [-0.25, -0.2) is 0 Å². The van der Waals surface area contributed by atoms with Crippen LogP contribution < -0.4 is 5.32 Å². The van der Waals surface area contributed by atoms with Crippen LogP contribution in [0.15, 0.2) is 36.7 Å². The van der Waals surface area contributed by atoms with Crippen molar-refractivity contribution in [1.82, 2.24) is 20.4 Å². The van der Waals surface area contributed by atoms with Gasteiger partial charge in [0.2, 0.25) is 0 Å². The summed E-state index contributed by atoms with van der Waals surface area (Å²) < 4.78 is 0. The Kier molecular flexibility index (Phi) is 5.65. The number of hydrogen-bond acceptors (Lipinski definition) is 4. The van der Waals surface area contributed by atoms with E-state index in [0.717, 1.165) is 50.0 Å². The Hall–Kier alpha value is -1.89. The van der Waals surface area contributed by atoms with Crippen LogP contribution in [0.2, 0.25) is 0 Å². The van der Waals surface area contributed by atoms with E-state index in [2.05, 4.69) is 15.5 Å². The van der Waals surface area contributed by atoms with Crippen LogP contribution >= 0.6 is 12.4 Å². The van der Waals surface area contributed by atoms with Gasteiger partial charge in [-0.05, 0) is 43.5 Å². The highest BCUT2D eigenvalue weighted by Gasteiger charge is 2.44. The predicted octanol–water partition coefficient (Wildman–Crippen LogP) is 2.08. The number of nitrogens with zero attached hydrogens (tertiary/aromatic N) is 2. The molecule has 2 fully saturated rings. The topological polar surface area (TPSA) is 81.2 Å². The molecule has 2 atom stereocenters. The molecular formula is C19H25ClN4O2. The highest BCUT2D eigenvalue weighted by atomic mass is 35.5. The van der Waals surface area contributed by atoms with Gasteiger partial charge < -0.3 is 15.3 Å². The van der Waals surface area contributed by atoms with E-state index in [1.807, 2.05) is 35.4 Å². The molecule has 2 aliphatic rings. The van der Waals surface area contributed by atoms with Gasteiger partial charge >= 0.3 is 0 Å². The molecule has 26 heavy (non-hydrogen) atoms. The number of aliphatic hydroxyl groups is 1. The molecule has 1 aromatic heterocycles. The van der Waals surface area contributed by atoms with Crippen LogP contribution in [0.4, 0.5) is 0 Å². The smallest absolute Gasteiger partial charge is 0.253 e. The van der Waals surface area contributed by atoms with Gasteiger partial charge in [-0.2, -0.15) is 5.10 Å². The fourth-order valence-electron chi connectivity index (χ4n) is 4.17. The number of rotatable bonds is 2. The molecule has 3 heterocycles. The van der Waals surface area contributed by atoms with E-state index in [1.54, 1.807) is 6.20 Å². The Balaban J connectivity index is 0.00000196. The van der Waals surface area contributed by atoms with E-state index in [1.165, 1.54) is 0 Å². The lowest BCUT2D eigenvalue weighted by molar-refractivity contribution is -0.0433. The van der Waals surface area contributed by atoms with E-state index in [9.17, 15) is 9.90 Å². The van der Waals surface area contributed by atoms with Crippen molar-refractivity contribution >= 4 is 18.3 Å². The number of H-pyrrole nitrogens is 1. The molecule has 1 aromatic carbocycles. The van der Waals surface area contributed by atoms with Crippen molar-refractivity contribution in [2.24, 2.45) is 5.41 Å². The lowest BCUT2D eigenvalue weighted by Gasteiger charge is -2.48. The summed E-state index contributed by atoms with van der Waals surface area (Å²) in [5, 5.41) is 20.7. The van der Waals surface area contributed by atoms with Gasteiger partial charge in [-0.3, -0.25) is 9.89 Å². The molecule has 3 N–H and O–H groups in total. The molecule has 1 spiro atoms. The first-order chi connectivity index (χ1) is 12.2. The third-order valence-corrected chi connectivity index (χ3v) is 5.62. The van der Waals surface area contributed by atoms with Crippen molar-refractivity contribution in [3.8, 4) is 11.1 Å². The fraction of sp³-hybridized carbons (Fsp3) is 0.474. The Morgan fingerprint density at radius 1 is 1.35 bits per heavy atom. The third-order valence-electron chi connectivity index (χ3n) is 5.62. The third kappa shape index (κ3) is 3.49. The van der Waals surface area contributed by atoms with Crippen molar-refractivity contribution < 1.29 is 9.90 Å². The number of likely N-dealkylation sites (tertiary alicyclic amines) is 1. The van der Waals surface area contributed by atoms with E-state index >= 15 is 0 Å². The molecule has 2 aromatic rings. The lowest BCUT2D eigenvalue weighted by atomic mass is 9.72. The minimum absolute atomic E-state index is 0. The van der Waals surface area contributed by atoms with Crippen LogP contribution in [0.3, 0.4) is 0 Å². The summed E-state index contributed by atoms with van der Waals surface area (Å²) in [6.45, 7) is 3.01.